The summed E-state index contributed by atoms with van der Waals surface area (Å²) in [5, 5.41) is 7.87. The Morgan fingerprint density at radius 2 is 2.03 bits per heavy atom. The van der Waals surface area contributed by atoms with Crippen molar-refractivity contribution in [2.75, 3.05) is 0 Å². The Morgan fingerprint density at radius 3 is 2.79 bits per heavy atom. The molecule has 5 nitrogen and oxygen atoms in total. The van der Waals surface area contributed by atoms with Crippen LogP contribution in [0.4, 0.5) is 0 Å². The van der Waals surface area contributed by atoms with Crippen LogP contribution in [-0.4, -0.2) is 20.7 Å². The number of rotatable bonds is 4. The highest BCUT2D eigenvalue weighted by Gasteiger charge is 2.35. The van der Waals surface area contributed by atoms with Gasteiger partial charge in [-0.3, -0.25) is 9.78 Å². The van der Waals surface area contributed by atoms with E-state index >= 15 is 0 Å². The second kappa shape index (κ2) is 7.66. The third-order valence-corrected chi connectivity index (χ3v) is 5.45. The SMILES string of the molecule is Cc1ccccc1-n1ncc2c1CC(C)(C)CC2NC(=O)C=Cc1cccnc1. The summed E-state index contributed by atoms with van der Waals surface area (Å²) < 4.78 is 2.04. The van der Waals surface area contributed by atoms with Crippen LogP contribution in [0.2, 0.25) is 0 Å². The monoisotopic (exact) mass is 386 g/mol. The number of amides is 1. The van der Waals surface area contributed by atoms with Crippen LogP contribution in [0.5, 0.6) is 0 Å². The van der Waals surface area contributed by atoms with Gasteiger partial charge in [0.1, 0.15) is 0 Å². The average molecular weight is 386 g/mol. The van der Waals surface area contributed by atoms with Crippen LogP contribution in [0.3, 0.4) is 0 Å². The van der Waals surface area contributed by atoms with E-state index in [0.717, 1.165) is 29.7 Å². The summed E-state index contributed by atoms with van der Waals surface area (Å²) >= 11 is 0. The number of pyridine rings is 1. The van der Waals surface area contributed by atoms with Gasteiger partial charge in [-0.2, -0.15) is 5.10 Å². The smallest absolute Gasteiger partial charge is 0.244 e. The van der Waals surface area contributed by atoms with Crippen LogP contribution in [0, 0.1) is 12.3 Å². The zero-order valence-corrected chi connectivity index (χ0v) is 17.1. The van der Waals surface area contributed by atoms with Crippen LogP contribution in [-0.2, 0) is 11.2 Å². The van der Waals surface area contributed by atoms with Gasteiger partial charge < -0.3 is 5.32 Å². The molecule has 0 radical (unpaired) electrons. The fourth-order valence-corrected chi connectivity index (χ4v) is 4.05. The lowest BCUT2D eigenvalue weighted by Gasteiger charge is -2.35. The van der Waals surface area contributed by atoms with E-state index in [9.17, 15) is 4.79 Å². The van der Waals surface area contributed by atoms with Crippen LogP contribution >= 0.6 is 0 Å². The lowest BCUT2D eigenvalue weighted by atomic mass is 9.74. The maximum atomic E-state index is 12.6. The Labute approximate surface area is 171 Å². The molecule has 0 saturated heterocycles. The number of nitrogens with one attached hydrogen (secondary N) is 1. The minimum atomic E-state index is -0.105. The number of hydrogen-bond acceptors (Lipinski definition) is 3. The molecular weight excluding hydrogens is 360 g/mol. The zero-order chi connectivity index (χ0) is 20.4. The van der Waals surface area contributed by atoms with E-state index in [-0.39, 0.29) is 17.4 Å². The minimum absolute atomic E-state index is 0.0578. The Balaban J connectivity index is 1.61. The van der Waals surface area contributed by atoms with E-state index in [1.54, 1.807) is 24.5 Å². The van der Waals surface area contributed by atoms with Gasteiger partial charge in [-0.1, -0.05) is 38.1 Å². The third kappa shape index (κ3) is 4.14. The molecule has 0 aliphatic heterocycles. The molecule has 0 bridgehead atoms. The third-order valence-electron chi connectivity index (χ3n) is 5.45. The summed E-state index contributed by atoms with van der Waals surface area (Å²) in [6, 6.07) is 12.0. The fraction of sp³-hybridized carbons (Fsp3) is 0.292. The molecule has 1 unspecified atom stereocenters. The molecule has 2 heterocycles. The van der Waals surface area contributed by atoms with Gasteiger partial charge in [0.2, 0.25) is 5.91 Å². The number of aromatic nitrogens is 3. The van der Waals surface area contributed by atoms with Crippen molar-refractivity contribution in [1.82, 2.24) is 20.1 Å². The normalized spacial score (nSPS) is 17.8. The highest BCUT2D eigenvalue weighted by Crippen LogP contribution is 2.41. The van der Waals surface area contributed by atoms with E-state index < -0.39 is 0 Å². The number of carbonyl (C=O) groups is 1. The first-order valence-corrected chi connectivity index (χ1v) is 9.94. The van der Waals surface area contributed by atoms with Crippen molar-refractivity contribution in [3.63, 3.8) is 0 Å². The average Bonchev–Trinajstić information content (AvgIpc) is 3.10. The Morgan fingerprint density at radius 1 is 1.21 bits per heavy atom. The van der Waals surface area contributed by atoms with Crippen LogP contribution < -0.4 is 5.32 Å². The molecule has 1 atom stereocenters. The zero-order valence-electron chi connectivity index (χ0n) is 17.1. The van der Waals surface area contributed by atoms with E-state index in [4.69, 9.17) is 0 Å². The highest BCUT2D eigenvalue weighted by molar-refractivity contribution is 5.92. The predicted molar refractivity (Wildman–Crippen MR) is 115 cm³/mol. The van der Waals surface area contributed by atoms with Gasteiger partial charge in [0.15, 0.2) is 0 Å². The molecule has 0 spiro atoms. The quantitative estimate of drug-likeness (QED) is 0.675. The largest absolute Gasteiger partial charge is 0.346 e. The molecule has 4 rings (SSSR count). The summed E-state index contributed by atoms with van der Waals surface area (Å²) in [5.41, 5.74) is 5.53. The summed E-state index contributed by atoms with van der Waals surface area (Å²) in [5.74, 6) is -0.105. The van der Waals surface area contributed by atoms with Crippen LogP contribution in [0.15, 0.2) is 61.1 Å². The number of fused-ring (bicyclic) bond motifs is 1. The number of benzene rings is 1. The Bertz CT molecular complexity index is 1050. The molecule has 2 aromatic heterocycles. The van der Waals surface area contributed by atoms with Crippen LogP contribution in [0.1, 0.15) is 48.7 Å². The maximum Gasteiger partial charge on any atom is 0.244 e. The second-order valence-corrected chi connectivity index (χ2v) is 8.47. The van der Waals surface area contributed by atoms with E-state index in [1.165, 1.54) is 11.3 Å². The molecule has 0 saturated carbocycles. The molecule has 148 valence electrons. The molecule has 1 aliphatic rings. The minimum Gasteiger partial charge on any atom is -0.346 e. The van der Waals surface area contributed by atoms with Gasteiger partial charge in [-0.15, -0.1) is 0 Å². The maximum absolute atomic E-state index is 12.6. The lowest BCUT2D eigenvalue weighted by molar-refractivity contribution is -0.117. The number of para-hydroxylation sites is 1. The summed E-state index contributed by atoms with van der Waals surface area (Å²) in [6.45, 7) is 6.59. The molecule has 1 aliphatic carbocycles. The first-order chi connectivity index (χ1) is 13.9. The van der Waals surface area contributed by atoms with Crippen molar-refractivity contribution >= 4 is 12.0 Å². The summed E-state index contributed by atoms with van der Waals surface area (Å²) in [6.07, 6.45) is 10.5. The molecule has 1 amide bonds. The van der Waals surface area contributed by atoms with Crippen LogP contribution in [0.25, 0.3) is 11.8 Å². The number of nitrogens with zero attached hydrogens (tertiary/aromatic N) is 3. The van der Waals surface area contributed by atoms with E-state index in [0.29, 0.717) is 0 Å². The number of hydrogen-bond donors (Lipinski definition) is 1. The van der Waals surface area contributed by atoms with E-state index in [1.807, 2.05) is 35.1 Å². The lowest BCUT2D eigenvalue weighted by Crippen LogP contribution is -2.36. The summed E-state index contributed by atoms with van der Waals surface area (Å²) in [7, 11) is 0. The molecule has 5 heteroatoms. The van der Waals surface area contributed by atoms with Crippen molar-refractivity contribution in [1.29, 1.82) is 0 Å². The van der Waals surface area contributed by atoms with Gasteiger partial charge in [0, 0.05) is 24.0 Å². The van der Waals surface area contributed by atoms with Crippen molar-refractivity contribution < 1.29 is 4.79 Å². The Kier molecular flexibility index (Phi) is 5.05. The predicted octanol–water partition coefficient (Wildman–Crippen LogP) is 4.42. The summed E-state index contributed by atoms with van der Waals surface area (Å²) in [4.78, 5) is 16.7. The number of carbonyl (C=O) groups excluding carboxylic acids is 1. The molecule has 1 N–H and O–H groups in total. The molecular formula is C24H26N4O. The number of aryl methyl sites for hydroxylation is 1. The molecule has 1 aromatic carbocycles. The Hall–Kier alpha value is -3.21. The first-order valence-electron chi connectivity index (χ1n) is 9.94. The van der Waals surface area contributed by atoms with Gasteiger partial charge >= 0.3 is 0 Å². The van der Waals surface area contributed by atoms with Crippen molar-refractivity contribution in [2.45, 2.75) is 39.7 Å². The van der Waals surface area contributed by atoms with Gasteiger partial charge in [0.25, 0.3) is 0 Å². The van der Waals surface area contributed by atoms with Crippen molar-refractivity contribution in [3.8, 4) is 5.69 Å². The highest BCUT2D eigenvalue weighted by atomic mass is 16.1. The first kappa shape index (κ1) is 19.1. The van der Waals surface area contributed by atoms with Crippen molar-refractivity contribution in [2.24, 2.45) is 5.41 Å². The topological polar surface area (TPSA) is 59.8 Å². The van der Waals surface area contributed by atoms with Crippen molar-refractivity contribution in [3.05, 3.63) is 83.4 Å². The molecule has 0 fully saturated rings. The molecule has 29 heavy (non-hydrogen) atoms. The van der Waals surface area contributed by atoms with Gasteiger partial charge in [-0.25, -0.2) is 4.68 Å². The second-order valence-electron chi connectivity index (χ2n) is 8.47. The standard InChI is InChI=1S/C24H26N4O/c1-17-7-4-5-9-21(17)28-22-14-24(2,3)13-20(19(22)16-26-28)27-23(29)11-10-18-8-6-12-25-15-18/h4-12,15-16,20H,13-14H2,1-3H3,(H,27,29). The van der Waals surface area contributed by atoms with E-state index in [2.05, 4.69) is 48.3 Å². The van der Waals surface area contributed by atoms with Gasteiger partial charge in [-0.05, 0) is 54.5 Å². The van der Waals surface area contributed by atoms with Gasteiger partial charge in [0.05, 0.1) is 23.6 Å². The molecule has 3 aromatic rings. The fourth-order valence-electron chi connectivity index (χ4n) is 4.05.